The Hall–Kier alpha value is -1.08. The number of thiazole rings is 1. The van der Waals surface area contributed by atoms with E-state index in [9.17, 15) is 4.79 Å². The molecule has 0 bridgehead atoms. The quantitative estimate of drug-likeness (QED) is 0.539. The Kier molecular flexibility index (Phi) is 7.88. The van der Waals surface area contributed by atoms with Crippen molar-refractivity contribution in [3.8, 4) is 0 Å². The highest BCUT2D eigenvalue weighted by molar-refractivity contribution is 8.00. The summed E-state index contributed by atoms with van der Waals surface area (Å²) in [5.41, 5.74) is 1.97. The fraction of sp³-hybridized carbons (Fsp3) is 0.375. The van der Waals surface area contributed by atoms with Crippen LogP contribution in [0.15, 0.2) is 34.0 Å². The molecule has 2 rings (SSSR count). The van der Waals surface area contributed by atoms with Crippen LogP contribution < -0.4 is 5.32 Å². The van der Waals surface area contributed by atoms with Crippen molar-refractivity contribution in [2.75, 3.05) is 20.3 Å². The Morgan fingerprint density at radius 2 is 2.35 bits per heavy atom. The summed E-state index contributed by atoms with van der Waals surface area (Å²) in [4.78, 5) is 16.3. The van der Waals surface area contributed by atoms with E-state index in [0.717, 1.165) is 32.8 Å². The molecule has 0 fully saturated rings. The molecule has 1 amide bonds. The van der Waals surface area contributed by atoms with Crippen LogP contribution >= 0.6 is 34.7 Å². The van der Waals surface area contributed by atoms with E-state index in [2.05, 4.69) is 10.3 Å². The highest BCUT2D eigenvalue weighted by Crippen LogP contribution is 2.27. The van der Waals surface area contributed by atoms with E-state index in [1.165, 1.54) is 0 Å². The molecular formula is C16H19ClN2O2S2. The average molecular weight is 371 g/mol. The summed E-state index contributed by atoms with van der Waals surface area (Å²) in [6, 6.07) is 7.80. The molecule has 2 aromatic rings. The maximum absolute atomic E-state index is 11.8. The second-order valence-electron chi connectivity index (χ2n) is 4.90. The van der Waals surface area contributed by atoms with Crippen LogP contribution in [0.3, 0.4) is 0 Å². The minimum absolute atomic E-state index is 0.00204. The Bertz CT molecular complexity index is 634. The molecule has 7 heteroatoms. The normalized spacial score (nSPS) is 10.7. The third-order valence-electron chi connectivity index (χ3n) is 2.97. The minimum Gasteiger partial charge on any atom is -0.385 e. The highest BCUT2D eigenvalue weighted by Gasteiger charge is 2.08. The number of carbonyl (C=O) groups is 1. The third kappa shape index (κ3) is 6.91. The number of nitrogens with one attached hydrogen (secondary N) is 1. The number of rotatable bonds is 9. The number of hydrogen-bond acceptors (Lipinski definition) is 5. The van der Waals surface area contributed by atoms with E-state index in [0.29, 0.717) is 19.6 Å². The largest absolute Gasteiger partial charge is 0.385 e. The van der Waals surface area contributed by atoms with Crippen molar-refractivity contribution < 1.29 is 9.53 Å². The third-order valence-corrected chi connectivity index (χ3v) is 5.35. The Labute approximate surface area is 149 Å². The summed E-state index contributed by atoms with van der Waals surface area (Å²) < 4.78 is 5.91. The SMILES string of the molecule is COCCCNC(=O)Cc1csc(SCc2cccc(Cl)c2)n1. The van der Waals surface area contributed by atoms with Gasteiger partial charge in [0, 0.05) is 36.4 Å². The first kappa shape index (κ1) is 18.3. The van der Waals surface area contributed by atoms with E-state index >= 15 is 0 Å². The molecule has 0 saturated heterocycles. The van der Waals surface area contributed by atoms with Crippen molar-refractivity contribution in [1.82, 2.24) is 10.3 Å². The highest BCUT2D eigenvalue weighted by atomic mass is 35.5. The van der Waals surface area contributed by atoms with Gasteiger partial charge in [-0.2, -0.15) is 0 Å². The second kappa shape index (κ2) is 9.93. The van der Waals surface area contributed by atoms with Crippen molar-refractivity contribution in [3.05, 3.63) is 45.9 Å². The predicted molar refractivity (Wildman–Crippen MR) is 96.3 cm³/mol. The van der Waals surface area contributed by atoms with Crippen LogP contribution in [0, 0.1) is 0 Å². The summed E-state index contributed by atoms with van der Waals surface area (Å²) in [6.07, 6.45) is 1.14. The summed E-state index contributed by atoms with van der Waals surface area (Å²) >= 11 is 9.20. The number of carbonyl (C=O) groups excluding carboxylic acids is 1. The van der Waals surface area contributed by atoms with Gasteiger partial charge in [0.25, 0.3) is 0 Å². The zero-order valence-electron chi connectivity index (χ0n) is 12.9. The molecule has 23 heavy (non-hydrogen) atoms. The molecule has 0 radical (unpaired) electrons. The summed E-state index contributed by atoms with van der Waals surface area (Å²) in [5, 5.41) is 5.55. The van der Waals surface area contributed by atoms with Gasteiger partial charge in [-0.05, 0) is 24.1 Å². The van der Waals surface area contributed by atoms with Gasteiger partial charge in [-0.1, -0.05) is 35.5 Å². The van der Waals surface area contributed by atoms with Crippen molar-refractivity contribution in [2.45, 2.75) is 22.9 Å². The first-order valence-corrected chi connectivity index (χ1v) is 9.49. The molecule has 1 heterocycles. The molecule has 0 aliphatic rings. The molecule has 0 aliphatic carbocycles. The van der Waals surface area contributed by atoms with Crippen LogP contribution in [0.25, 0.3) is 0 Å². The molecule has 0 saturated carbocycles. The van der Waals surface area contributed by atoms with Crippen LogP contribution in [0.4, 0.5) is 0 Å². The van der Waals surface area contributed by atoms with E-state index in [4.69, 9.17) is 16.3 Å². The Morgan fingerprint density at radius 3 is 3.13 bits per heavy atom. The fourth-order valence-corrected chi connectivity index (χ4v) is 3.88. The molecule has 1 aromatic carbocycles. The van der Waals surface area contributed by atoms with E-state index in [1.807, 2.05) is 29.6 Å². The van der Waals surface area contributed by atoms with Crippen LogP contribution in [-0.2, 0) is 21.7 Å². The van der Waals surface area contributed by atoms with Crippen molar-refractivity contribution in [2.24, 2.45) is 0 Å². The standard InChI is InChI=1S/C16H19ClN2O2S2/c1-21-7-3-6-18-15(20)9-14-11-23-16(19-14)22-10-12-4-2-5-13(17)8-12/h2,4-5,8,11H,3,6-7,9-10H2,1H3,(H,18,20). The number of nitrogens with zero attached hydrogens (tertiary/aromatic N) is 1. The molecular weight excluding hydrogens is 352 g/mol. The van der Waals surface area contributed by atoms with Gasteiger partial charge in [-0.3, -0.25) is 4.79 Å². The lowest BCUT2D eigenvalue weighted by molar-refractivity contribution is -0.120. The Balaban J connectivity index is 1.75. The number of aromatic nitrogens is 1. The fourth-order valence-electron chi connectivity index (χ4n) is 1.88. The number of amides is 1. The first-order valence-electron chi connectivity index (χ1n) is 7.24. The van der Waals surface area contributed by atoms with Crippen LogP contribution in [0.1, 0.15) is 17.7 Å². The van der Waals surface area contributed by atoms with E-state index in [-0.39, 0.29) is 5.91 Å². The maximum atomic E-state index is 11.8. The van der Waals surface area contributed by atoms with Gasteiger partial charge in [0.1, 0.15) is 4.34 Å². The zero-order valence-corrected chi connectivity index (χ0v) is 15.3. The molecule has 4 nitrogen and oxygen atoms in total. The number of thioether (sulfide) groups is 1. The molecule has 0 aliphatic heterocycles. The molecule has 1 aromatic heterocycles. The number of hydrogen-bond donors (Lipinski definition) is 1. The monoisotopic (exact) mass is 370 g/mol. The minimum atomic E-state index is -0.00204. The summed E-state index contributed by atoms with van der Waals surface area (Å²) in [5.74, 6) is 0.814. The number of halogens is 1. The number of benzene rings is 1. The Morgan fingerprint density at radius 1 is 1.48 bits per heavy atom. The second-order valence-corrected chi connectivity index (χ2v) is 7.41. The smallest absolute Gasteiger partial charge is 0.226 e. The van der Waals surface area contributed by atoms with Gasteiger partial charge in [0.2, 0.25) is 5.91 Å². The first-order chi connectivity index (χ1) is 11.2. The van der Waals surface area contributed by atoms with Gasteiger partial charge in [0.15, 0.2) is 0 Å². The molecule has 0 spiro atoms. The van der Waals surface area contributed by atoms with Gasteiger partial charge in [0.05, 0.1) is 12.1 Å². The van der Waals surface area contributed by atoms with E-state index < -0.39 is 0 Å². The molecule has 0 unspecified atom stereocenters. The lowest BCUT2D eigenvalue weighted by Crippen LogP contribution is -2.26. The molecule has 1 N–H and O–H groups in total. The van der Waals surface area contributed by atoms with Gasteiger partial charge in [-0.25, -0.2) is 4.98 Å². The maximum Gasteiger partial charge on any atom is 0.226 e. The topological polar surface area (TPSA) is 51.2 Å². The predicted octanol–water partition coefficient (Wildman–Crippen LogP) is 3.78. The summed E-state index contributed by atoms with van der Waals surface area (Å²) in [6.45, 7) is 1.29. The van der Waals surface area contributed by atoms with Crippen LogP contribution in [-0.4, -0.2) is 31.2 Å². The van der Waals surface area contributed by atoms with Crippen LogP contribution in [0.2, 0.25) is 5.02 Å². The van der Waals surface area contributed by atoms with Crippen LogP contribution in [0.5, 0.6) is 0 Å². The molecule has 124 valence electrons. The van der Waals surface area contributed by atoms with Crippen molar-refractivity contribution in [1.29, 1.82) is 0 Å². The summed E-state index contributed by atoms with van der Waals surface area (Å²) in [7, 11) is 1.65. The lowest BCUT2D eigenvalue weighted by atomic mass is 10.2. The molecule has 0 atom stereocenters. The van der Waals surface area contributed by atoms with Gasteiger partial charge < -0.3 is 10.1 Å². The number of methoxy groups -OCH3 is 1. The van der Waals surface area contributed by atoms with E-state index in [1.54, 1.807) is 30.2 Å². The average Bonchev–Trinajstić information content (AvgIpc) is 2.97. The van der Waals surface area contributed by atoms with Gasteiger partial charge in [-0.15, -0.1) is 11.3 Å². The van der Waals surface area contributed by atoms with Crippen molar-refractivity contribution >= 4 is 40.6 Å². The van der Waals surface area contributed by atoms with Gasteiger partial charge >= 0.3 is 0 Å². The lowest BCUT2D eigenvalue weighted by Gasteiger charge is -2.03. The van der Waals surface area contributed by atoms with Crippen molar-refractivity contribution in [3.63, 3.8) is 0 Å². The zero-order chi connectivity index (χ0) is 16.5. The number of ether oxygens (including phenoxy) is 1.